The van der Waals surface area contributed by atoms with E-state index >= 15 is 0 Å². The predicted octanol–water partition coefficient (Wildman–Crippen LogP) is -1.75. The average Bonchev–Trinajstić information content (AvgIpc) is 2.98. The van der Waals surface area contributed by atoms with E-state index < -0.39 is 76.1 Å². The highest BCUT2D eigenvalue weighted by Crippen LogP contribution is 2.74. The van der Waals surface area contributed by atoms with Crippen LogP contribution >= 0.6 is 0 Å². The monoisotopic (exact) mass is 410 g/mol. The maximum Gasteiger partial charge on any atom is 0.338 e. The molecule has 1 spiro atoms. The summed E-state index contributed by atoms with van der Waals surface area (Å²) in [7, 11) is 0. The number of ketones is 1. The number of allylic oxidation sites excluding steroid dienone is 1. The van der Waals surface area contributed by atoms with Crippen LogP contribution in [0.5, 0.6) is 0 Å². The summed E-state index contributed by atoms with van der Waals surface area (Å²) >= 11 is 0. The van der Waals surface area contributed by atoms with Gasteiger partial charge in [0.15, 0.2) is 17.7 Å². The van der Waals surface area contributed by atoms with Crippen LogP contribution in [0.25, 0.3) is 0 Å². The van der Waals surface area contributed by atoms with Gasteiger partial charge in [-0.1, -0.05) is 19.4 Å². The summed E-state index contributed by atoms with van der Waals surface area (Å²) in [6.07, 6.45) is -4.56. The zero-order valence-corrected chi connectivity index (χ0v) is 16.4. The van der Waals surface area contributed by atoms with Crippen LogP contribution in [0.15, 0.2) is 11.6 Å². The quantitative estimate of drug-likeness (QED) is 0.293. The van der Waals surface area contributed by atoms with Crippen molar-refractivity contribution in [3.05, 3.63) is 11.6 Å². The molecule has 9 heteroatoms. The molecule has 29 heavy (non-hydrogen) atoms. The van der Waals surface area contributed by atoms with E-state index in [1.807, 2.05) is 0 Å². The smallest absolute Gasteiger partial charge is 0.338 e. The molecule has 5 aliphatic rings. The van der Waals surface area contributed by atoms with Gasteiger partial charge in [-0.2, -0.15) is 0 Å². The fraction of sp³-hybridized carbons (Fsp3) is 0.800. The van der Waals surface area contributed by atoms with Gasteiger partial charge in [0.2, 0.25) is 0 Å². The van der Waals surface area contributed by atoms with Crippen LogP contribution in [0.2, 0.25) is 0 Å². The first-order chi connectivity index (χ1) is 13.4. The Morgan fingerprint density at radius 2 is 1.79 bits per heavy atom. The molecule has 0 aromatic rings. The Kier molecular flexibility index (Phi) is 3.56. The van der Waals surface area contributed by atoms with Crippen molar-refractivity contribution in [3.8, 4) is 0 Å². The minimum atomic E-state index is -2.19. The van der Waals surface area contributed by atoms with Gasteiger partial charge in [-0.25, -0.2) is 4.79 Å². The molecule has 5 rings (SSSR count). The lowest BCUT2D eigenvalue weighted by molar-refractivity contribution is -0.375. The lowest BCUT2D eigenvalue weighted by Gasteiger charge is -2.70. The van der Waals surface area contributed by atoms with Crippen LogP contribution in [0, 0.1) is 28.6 Å². The highest BCUT2D eigenvalue weighted by Gasteiger charge is 2.87. The normalized spacial score (nSPS) is 60.8. The van der Waals surface area contributed by atoms with Crippen LogP contribution in [0.1, 0.15) is 27.2 Å². The Morgan fingerprint density at radius 1 is 1.14 bits per heavy atom. The van der Waals surface area contributed by atoms with Crippen molar-refractivity contribution >= 4 is 11.8 Å². The van der Waals surface area contributed by atoms with Crippen LogP contribution in [-0.4, -0.2) is 79.7 Å². The molecule has 3 aliphatic carbocycles. The van der Waals surface area contributed by atoms with E-state index in [2.05, 4.69) is 0 Å². The molecule has 4 unspecified atom stereocenters. The Bertz CT molecular complexity index is 855. The third-order valence-electron chi connectivity index (χ3n) is 8.88. The summed E-state index contributed by atoms with van der Waals surface area (Å²) in [5.41, 5.74) is -4.35. The highest BCUT2D eigenvalue weighted by atomic mass is 16.7. The number of rotatable bonds is 0. The minimum absolute atomic E-state index is 0.183. The number of hydrogen-bond acceptors (Lipinski definition) is 9. The summed E-state index contributed by atoms with van der Waals surface area (Å²) in [6.45, 7) is 4.49. The predicted molar refractivity (Wildman–Crippen MR) is 93.8 cm³/mol. The Hall–Kier alpha value is -1.36. The average molecular weight is 410 g/mol. The first kappa shape index (κ1) is 19.6. The summed E-state index contributed by atoms with van der Waals surface area (Å²) < 4.78 is 11.2. The third-order valence-corrected chi connectivity index (χ3v) is 8.88. The van der Waals surface area contributed by atoms with Gasteiger partial charge in [-0.15, -0.1) is 0 Å². The van der Waals surface area contributed by atoms with Crippen molar-refractivity contribution in [2.45, 2.75) is 63.0 Å². The van der Waals surface area contributed by atoms with Crippen LogP contribution in [0.3, 0.4) is 0 Å². The fourth-order valence-electron chi connectivity index (χ4n) is 7.59. The molecule has 2 bridgehead atoms. The van der Waals surface area contributed by atoms with Crippen molar-refractivity contribution < 1.29 is 44.6 Å². The van der Waals surface area contributed by atoms with Gasteiger partial charge in [0.1, 0.15) is 23.9 Å². The van der Waals surface area contributed by atoms with Crippen molar-refractivity contribution in [2.24, 2.45) is 28.6 Å². The molecular formula is C20H26O9. The van der Waals surface area contributed by atoms with E-state index in [-0.39, 0.29) is 13.0 Å². The summed E-state index contributed by atoms with van der Waals surface area (Å²) in [5, 5.41) is 56.0. The van der Waals surface area contributed by atoms with E-state index in [1.54, 1.807) is 13.8 Å². The standard InChI is InChI=1S/C20H26O9/c1-7-4-10(21)13(23)17(3)9(7)5-11-18-6-28-20(27,16(17)18)12(22)8(2)19(18,26)14(24)15(25)29-11/h4,8-9,11-14,16,22-24,26-27H,5-6H2,1-3H3/t8?,9?,11?,12-,13-,14+,16?,17-,18-,19+,20+/m1/s1. The van der Waals surface area contributed by atoms with Crippen molar-refractivity contribution in [1.82, 2.24) is 0 Å². The van der Waals surface area contributed by atoms with Crippen LogP contribution in [-0.2, 0) is 19.1 Å². The Labute approximate surface area is 166 Å². The maximum atomic E-state index is 12.6. The zero-order chi connectivity index (χ0) is 21.3. The van der Waals surface area contributed by atoms with Crippen molar-refractivity contribution in [2.75, 3.05) is 6.61 Å². The topological polar surface area (TPSA) is 154 Å². The number of ether oxygens (including phenoxy) is 2. The summed E-state index contributed by atoms with van der Waals surface area (Å²) in [4.78, 5) is 25.0. The first-order valence-electron chi connectivity index (χ1n) is 9.93. The van der Waals surface area contributed by atoms with E-state index in [0.29, 0.717) is 5.57 Å². The number of fused-ring (bicyclic) bond motifs is 1. The van der Waals surface area contributed by atoms with Gasteiger partial charge in [0.25, 0.3) is 0 Å². The number of esters is 1. The largest absolute Gasteiger partial charge is 0.460 e. The first-order valence-corrected chi connectivity index (χ1v) is 9.93. The highest BCUT2D eigenvalue weighted by molar-refractivity contribution is 5.96. The molecule has 11 atom stereocenters. The second-order valence-electron chi connectivity index (χ2n) is 9.75. The van der Waals surface area contributed by atoms with Gasteiger partial charge in [-0.05, 0) is 25.3 Å². The lowest BCUT2D eigenvalue weighted by Crippen LogP contribution is -2.84. The third kappa shape index (κ3) is 1.73. The molecule has 2 heterocycles. The second kappa shape index (κ2) is 5.27. The lowest BCUT2D eigenvalue weighted by atomic mass is 9.36. The SMILES string of the molecule is CC1=CC(=O)[C@@H](O)[C@@]2(C)C1CC1OC(=O)[C@H](O)[C@@]3(O)C(C)[C@@H](O)[C@]4(O)OC[C@]13C24. The molecule has 2 saturated carbocycles. The van der Waals surface area contributed by atoms with Gasteiger partial charge in [0, 0.05) is 17.3 Å². The van der Waals surface area contributed by atoms with Gasteiger partial charge in [0.05, 0.1) is 12.0 Å². The number of carbonyl (C=O) groups is 2. The Morgan fingerprint density at radius 3 is 2.45 bits per heavy atom. The van der Waals surface area contributed by atoms with E-state index in [0.717, 1.165) is 0 Å². The zero-order valence-electron chi connectivity index (χ0n) is 16.4. The Balaban J connectivity index is 1.84. The molecule has 4 fully saturated rings. The molecule has 0 amide bonds. The molecular weight excluding hydrogens is 384 g/mol. The molecule has 0 aromatic carbocycles. The summed E-state index contributed by atoms with van der Waals surface area (Å²) in [6, 6.07) is 0. The molecule has 2 saturated heterocycles. The number of aliphatic hydroxyl groups excluding tert-OH is 3. The van der Waals surface area contributed by atoms with E-state index in [1.165, 1.54) is 13.0 Å². The molecule has 2 aliphatic heterocycles. The number of hydrogen-bond donors (Lipinski definition) is 5. The van der Waals surface area contributed by atoms with Crippen molar-refractivity contribution in [3.63, 3.8) is 0 Å². The maximum absolute atomic E-state index is 12.6. The fourth-order valence-corrected chi connectivity index (χ4v) is 7.59. The molecule has 9 nitrogen and oxygen atoms in total. The van der Waals surface area contributed by atoms with E-state index in [9.17, 15) is 35.1 Å². The number of carbonyl (C=O) groups excluding carboxylic acids is 2. The minimum Gasteiger partial charge on any atom is -0.460 e. The summed E-state index contributed by atoms with van der Waals surface area (Å²) in [5.74, 6) is -6.52. The second-order valence-corrected chi connectivity index (χ2v) is 9.75. The van der Waals surface area contributed by atoms with Gasteiger partial charge in [-0.3, -0.25) is 4.79 Å². The molecule has 5 N–H and O–H groups in total. The van der Waals surface area contributed by atoms with Crippen LogP contribution in [0.4, 0.5) is 0 Å². The molecule has 0 radical (unpaired) electrons. The van der Waals surface area contributed by atoms with Gasteiger partial charge < -0.3 is 35.0 Å². The van der Waals surface area contributed by atoms with E-state index in [4.69, 9.17) is 9.47 Å². The van der Waals surface area contributed by atoms with Gasteiger partial charge >= 0.3 is 5.97 Å². The number of aliphatic hydroxyl groups is 5. The molecule has 0 aromatic heterocycles. The molecule has 160 valence electrons. The van der Waals surface area contributed by atoms with Crippen molar-refractivity contribution in [1.29, 1.82) is 0 Å². The van der Waals surface area contributed by atoms with Crippen LogP contribution < -0.4 is 0 Å².